The first kappa shape index (κ1) is 29.4. The Hall–Kier alpha value is -5.14. The summed E-state index contributed by atoms with van der Waals surface area (Å²) in [6, 6.07) is 15.6. The molecule has 14 heteroatoms. The molecule has 43 heavy (non-hydrogen) atoms. The molecule has 1 aromatic heterocycles. The van der Waals surface area contributed by atoms with Gasteiger partial charge in [0.15, 0.2) is 4.80 Å². The molecule has 0 radical (unpaired) electrons. The average molecular weight is 621 g/mol. The quantitative estimate of drug-likeness (QED) is 0.150. The van der Waals surface area contributed by atoms with E-state index >= 15 is 0 Å². The van der Waals surface area contributed by atoms with Crippen LogP contribution in [0.25, 0.3) is 6.08 Å². The van der Waals surface area contributed by atoms with Crippen LogP contribution in [0.5, 0.6) is 11.5 Å². The first-order valence-electron chi connectivity index (χ1n) is 12.7. The largest absolute Gasteiger partial charge is 0.463 e. The summed E-state index contributed by atoms with van der Waals surface area (Å²) in [6.45, 7) is 3.55. The van der Waals surface area contributed by atoms with Crippen molar-refractivity contribution in [1.82, 2.24) is 4.57 Å². The van der Waals surface area contributed by atoms with Crippen molar-refractivity contribution in [2.45, 2.75) is 19.9 Å². The smallest absolute Gasteiger partial charge is 0.338 e. The second kappa shape index (κ2) is 12.0. The van der Waals surface area contributed by atoms with Gasteiger partial charge in [0.1, 0.15) is 5.75 Å². The van der Waals surface area contributed by atoms with Crippen molar-refractivity contribution < 1.29 is 24.1 Å². The predicted molar refractivity (Wildman–Crippen MR) is 158 cm³/mol. The number of rotatable bonds is 8. The van der Waals surface area contributed by atoms with Crippen molar-refractivity contribution in [1.29, 1.82) is 0 Å². The highest BCUT2D eigenvalue weighted by Crippen LogP contribution is 2.35. The molecule has 0 fully saturated rings. The van der Waals surface area contributed by atoms with Crippen molar-refractivity contribution >= 4 is 46.4 Å². The molecule has 0 amide bonds. The lowest BCUT2D eigenvalue weighted by Gasteiger charge is -2.24. The molecule has 1 aliphatic rings. The van der Waals surface area contributed by atoms with Crippen LogP contribution < -0.4 is 19.6 Å². The number of benzene rings is 3. The van der Waals surface area contributed by atoms with Crippen LogP contribution in [-0.2, 0) is 9.53 Å². The summed E-state index contributed by atoms with van der Waals surface area (Å²) in [4.78, 5) is 52.6. The van der Waals surface area contributed by atoms with E-state index in [9.17, 15) is 29.8 Å². The summed E-state index contributed by atoms with van der Waals surface area (Å²) >= 11 is 7.25. The Morgan fingerprint density at radius 2 is 1.77 bits per heavy atom. The van der Waals surface area contributed by atoms with Gasteiger partial charge in [-0.25, -0.2) is 9.79 Å². The third-order valence-electron chi connectivity index (χ3n) is 6.46. The number of thiazole rings is 1. The SMILES string of the molecule is CCOC(=O)C1=C(C)N=c2s/c(=C\c3ccc(Oc4ccc([N+](=O)[O-])cc4[N+](=O)[O-])cc3)c(=O)n2[C@H]1c1ccc(Cl)cc1. The zero-order valence-electron chi connectivity index (χ0n) is 22.6. The Labute approximate surface area is 251 Å². The van der Waals surface area contributed by atoms with E-state index < -0.39 is 33.2 Å². The summed E-state index contributed by atoms with van der Waals surface area (Å²) < 4.78 is 12.7. The van der Waals surface area contributed by atoms with Gasteiger partial charge in [0.25, 0.3) is 11.2 Å². The minimum Gasteiger partial charge on any atom is -0.463 e. The maximum Gasteiger partial charge on any atom is 0.338 e. The van der Waals surface area contributed by atoms with Crippen molar-refractivity contribution in [3.05, 3.63) is 134 Å². The van der Waals surface area contributed by atoms with Crippen molar-refractivity contribution in [2.24, 2.45) is 4.99 Å². The summed E-state index contributed by atoms with van der Waals surface area (Å²) in [7, 11) is 0. The summed E-state index contributed by atoms with van der Waals surface area (Å²) in [5, 5.41) is 22.9. The number of non-ortho nitro benzene ring substituents is 1. The number of carbonyl (C=O) groups excluding carboxylic acids is 1. The topological polar surface area (TPSA) is 156 Å². The van der Waals surface area contributed by atoms with Gasteiger partial charge in [-0.1, -0.05) is 47.2 Å². The van der Waals surface area contributed by atoms with Crippen molar-refractivity contribution in [2.75, 3.05) is 6.61 Å². The van der Waals surface area contributed by atoms with Gasteiger partial charge in [-0.05, 0) is 61.4 Å². The number of aromatic nitrogens is 1. The molecule has 1 aliphatic heterocycles. The van der Waals surface area contributed by atoms with Gasteiger partial charge in [0, 0.05) is 11.1 Å². The van der Waals surface area contributed by atoms with Gasteiger partial charge in [-0.2, -0.15) is 0 Å². The average Bonchev–Trinajstić information content (AvgIpc) is 3.27. The second-order valence-electron chi connectivity index (χ2n) is 9.19. The highest BCUT2D eigenvalue weighted by Gasteiger charge is 2.33. The summed E-state index contributed by atoms with van der Waals surface area (Å²) in [5.41, 5.74) is 0.639. The van der Waals surface area contributed by atoms with Gasteiger partial charge in [0.05, 0.1) is 44.4 Å². The van der Waals surface area contributed by atoms with Crippen LogP contribution >= 0.6 is 22.9 Å². The van der Waals surface area contributed by atoms with Gasteiger partial charge in [-0.3, -0.25) is 29.6 Å². The normalized spacial score (nSPS) is 14.6. The molecule has 0 aliphatic carbocycles. The van der Waals surface area contributed by atoms with E-state index in [0.717, 1.165) is 29.5 Å². The molecule has 0 saturated heterocycles. The fourth-order valence-electron chi connectivity index (χ4n) is 4.51. The number of ether oxygens (including phenoxy) is 2. The van der Waals surface area contributed by atoms with Gasteiger partial charge >= 0.3 is 11.7 Å². The third-order valence-corrected chi connectivity index (χ3v) is 7.69. The number of fused-ring (bicyclic) bond motifs is 1. The number of carbonyl (C=O) groups is 1. The van der Waals surface area contributed by atoms with Crippen LogP contribution in [0, 0.1) is 20.2 Å². The van der Waals surface area contributed by atoms with E-state index in [4.69, 9.17) is 21.1 Å². The van der Waals surface area contributed by atoms with Crippen LogP contribution in [0.3, 0.4) is 0 Å². The van der Waals surface area contributed by atoms with Crippen LogP contribution in [0.2, 0.25) is 5.02 Å². The number of esters is 1. The van der Waals surface area contributed by atoms with Crippen molar-refractivity contribution in [3.8, 4) is 11.5 Å². The Kier molecular flexibility index (Phi) is 8.19. The Morgan fingerprint density at radius 3 is 2.40 bits per heavy atom. The minimum absolute atomic E-state index is 0.157. The van der Waals surface area contributed by atoms with Crippen molar-refractivity contribution in [3.63, 3.8) is 0 Å². The molecule has 12 nitrogen and oxygen atoms in total. The van der Waals surface area contributed by atoms with Gasteiger partial charge in [0.2, 0.25) is 5.75 Å². The van der Waals surface area contributed by atoms with E-state index in [1.807, 2.05) is 0 Å². The molecule has 2 heterocycles. The summed E-state index contributed by atoms with van der Waals surface area (Å²) in [5.74, 6) is -0.485. The van der Waals surface area contributed by atoms with E-state index in [1.54, 1.807) is 68.5 Å². The molecule has 4 aromatic rings. The Morgan fingerprint density at radius 1 is 1.07 bits per heavy atom. The Balaban J connectivity index is 1.51. The zero-order valence-corrected chi connectivity index (χ0v) is 24.1. The third kappa shape index (κ3) is 5.94. The molecule has 0 saturated carbocycles. The number of nitro groups is 2. The van der Waals surface area contributed by atoms with E-state index in [2.05, 4.69) is 4.99 Å². The molecule has 1 atom stereocenters. The number of halogens is 1. The minimum atomic E-state index is -0.775. The molecule has 218 valence electrons. The number of hydrogen-bond acceptors (Lipinski definition) is 10. The first-order valence-corrected chi connectivity index (χ1v) is 13.9. The number of nitro benzene ring substituents is 2. The standard InChI is InChI=1S/C29H21ClN4O8S/c1-3-41-28(36)25-16(2)31-29-32(26(25)18-6-8-19(30)9-7-18)27(35)24(43-29)14-17-4-11-21(12-5-17)42-23-13-10-20(33(37)38)15-22(23)34(39)40/h4-15,26H,3H2,1-2H3/b24-14-/t26-/m0/s1. The molecule has 0 spiro atoms. The van der Waals surface area contributed by atoms with Crippen LogP contribution in [0.15, 0.2) is 87.8 Å². The van der Waals surface area contributed by atoms with E-state index in [-0.39, 0.29) is 29.2 Å². The van der Waals surface area contributed by atoms with Gasteiger partial charge < -0.3 is 9.47 Å². The fraction of sp³-hybridized carbons (Fsp3) is 0.138. The maximum atomic E-state index is 13.7. The molecule has 0 bridgehead atoms. The number of nitrogens with zero attached hydrogens (tertiary/aromatic N) is 4. The van der Waals surface area contributed by atoms with Crippen LogP contribution in [-0.4, -0.2) is 27.0 Å². The summed E-state index contributed by atoms with van der Waals surface area (Å²) in [6.07, 6.45) is 1.66. The molecule has 5 rings (SSSR count). The molecule has 0 unspecified atom stereocenters. The first-order chi connectivity index (χ1) is 20.6. The Bertz CT molecular complexity index is 1980. The maximum absolute atomic E-state index is 13.7. The lowest BCUT2D eigenvalue weighted by molar-refractivity contribution is -0.394. The van der Waals surface area contributed by atoms with E-state index in [0.29, 0.717) is 31.2 Å². The zero-order chi connectivity index (χ0) is 30.8. The number of allylic oxidation sites excluding steroid dienone is 1. The fourth-order valence-corrected chi connectivity index (χ4v) is 5.68. The number of hydrogen-bond donors (Lipinski definition) is 0. The highest BCUT2D eigenvalue weighted by molar-refractivity contribution is 7.07. The molecular formula is C29H21ClN4O8S. The monoisotopic (exact) mass is 620 g/mol. The van der Waals surface area contributed by atoms with Crippen LogP contribution in [0.4, 0.5) is 11.4 Å². The lowest BCUT2D eigenvalue weighted by Crippen LogP contribution is -2.39. The molecule has 3 aromatic carbocycles. The van der Waals surface area contributed by atoms with Crippen LogP contribution in [0.1, 0.15) is 31.0 Å². The second-order valence-corrected chi connectivity index (χ2v) is 10.6. The van der Waals surface area contributed by atoms with E-state index in [1.165, 1.54) is 4.57 Å². The molecule has 0 N–H and O–H groups in total. The highest BCUT2D eigenvalue weighted by atomic mass is 35.5. The lowest BCUT2D eigenvalue weighted by atomic mass is 9.96. The molecular weight excluding hydrogens is 600 g/mol. The predicted octanol–water partition coefficient (Wildman–Crippen LogP) is 5.06. The van der Waals surface area contributed by atoms with Gasteiger partial charge in [-0.15, -0.1) is 0 Å².